The van der Waals surface area contributed by atoms with Gasteiger partial charge in [0, 0.05) is 51.4 Å². The quantitative estimate of drug-likeness (QED) is 0.399. The number of rotatable bonds is 5. The van der Waals surface area contributed by atoms with E-state index in [1.807, 2.05) is 24.9 Å². The highest BCUT2D eigenvalue weighted by Gasteiger charge is 2.26. The number of nitrogens with zero attached hydrogens (tertiary/aromatic N) is 4. The zero-order valence-electron chi connectivity index (χ0n) is 15.7. The van der Waals surface area contributed by atoms with Gasteiger partial charge in [0.2, 0.25) is 0 Å². The van der Waals surface area contributed by atoms with Crippen LogP contribution in [0, 0.1) is 11.6 Å². The Labute approximate surface area is 175 Å². The number of hydrogen-bond donors (Lipinski definition) is 1. The maximum Gasteiger partial charge on any atom is 0.193 e. The van der Waals surface area contributed by atoms with E-state index in [1.54, 1.807) is 0 Å². The average molecular weight is 489 g/mol. The van der Waals surface area contributed by atoms with Gasteiger partial charge in [-0.25, -0.2) is 8.78 Å². The van der Waals surface area contributed by atoms with Crippen LogP contribution in [0.3, 0.4) is 0 Å². The Kier molecular flexibility index (Phi) is 8.00. The predicted octanol–water partition coefficient (Wildman–Crippen LogP) is 3.31. The van der Waals surface area contributed by atoms with Gasteiger partial charge in [0.05, 0.1) is 6.20 Å². The minimum Gasteiger partial charge on any atom is -0.357 e. The molecule has 148 valence electrons. The number of hydrogen-bond acceptors (Lipinski definition) is 2. The number of aromatic nitrogens is 2. The molecule has 3 rings (SSSR count). The molecule has 0 bridgehead atoms. The van der Waals surface area contributed by atoms with Crippen molar-refractivity contribution in [1.82, 2.24) is 20.0 Å². The number of likely N-dealkylation sites (tertiary alicyclic amines) is 1. The highest BCUT2D eigenvalue weighted by molar-refractivity contribution is 14.0. The average Bonchev–Trinajstić information content (AvgIpc) is 3.22. The monoisotopic (exact) mass is 489 g/mol. The van der Waals surface area contributed by atoms with Crippen LogP contribution in [0.15, 0.2) is 35.6 Å². The molecular formula is C19H26F2IN5. The number of guanidine groups is 1. The van der Waals surface area contributed by atoms with Crippen LogP contribution < -0.4 is 5.32 Å². The molecule has 0 saturated carbocycles. The van der Waals surface area contributed by atoms with E-state index in [2.05, 4.69) is 26.5 Å². The van der Waals surface area contributed by atoms with Crippen molar-refractivity contribution in [2.45, 2.75) is 25.7 Å². The molecule has 0 aliphatic carbocycles. The molecule has 0 amide bonds. The lowest BCUT2D eigenvalue weighted by atomic mass is 10.0. The molecule has 1 atom stereocenters. The van der Waals surface area contributed by atoms with Crippen LogP contribution in [0.25, 0.3) is 0 Å². The van der Waals surface area contributed by atoms with E-state index in [0.29, 0.717) is 24.4 Å². The molecule has 1 saturated heterocycles. The van der Waals surface area contributed by atoms with Gasteiger partial charge in [-0.1, -0.05) is 0 Å². The number of halogens is 3. The van der Waals surface area contributed by atoms with Gasteiger partial charge in [-0.3, -0.25) is 9.67 Å². The standard InChI is InChI=1S/C19H25F2N5.HI/c1-3-22-19(23-6-4-14-8-17(20)10-18(21)9-14)26-7-5-15(13-26)16-11-24-25(2)12-16;/h8-12,15H,3-7,13H2,1-2H3,(H,22,23);1H. The molecule has 2 aromatic rings. The second-order valence-electron chi connectivity index (χ2n) is 6.64. The summed E-state index contributed by atoms with van der Waals surface area (Å²) >= 11 is 0. The SMILES string of the molecule is CCNC(=NCCc1cc(F)cc(F)c1)N1CCC(c2cnn(C)c2)C1.I. The van der Waals surface area contributed by atoms with Gasteiger partial charge in [-0.2, -0.15) is 5.10 Å². The first kappa shape index (κ1) is 21.6. The zero-order valence-corrected chi connectivity index (χ0v) is 18.0. The molecule has 1 N–H and O–H groups in total. The lowest BCUT2D eigenvalue weighted by molar-refractivity contribution is 0.486. The maximum absolute atomic E-state index is 13.3. The van der Waals surface area contributed by atoms with E-state index >= 15 is 0 Å². The maximum atomic E-state index is 13.3. The van der Waals surface area contributed by atoms with E-state index in [1.165, 1.54) is 17.7 Å². The molecule has 1 fully saturated rings. The molecule has 27 heavy (non-hydrogen) atoms. The third-order valence-electron chi connectivity index (χ3n) is 4.60. The lowest BCUT2D eigenvalue weighted by Gasteiger charge is -2.21. The molecule has 0 radical (unpaired) electrons. The summed E-state index contributed by atoms with van der Waals surface area (Å²) < 4.78 is 28.4. The van der Waals surface area contributed by atoms with Crippen LogP contribution in [0.5, 0.6) is 0 Å². The fourth-order valence-corrected chi connectivity index (χ4v) is 3.35. The Morgan fingerprint density at radius 2 is 2.04 bits per heavy atom. The zero-order chi connectivity index (χ0) is 18.5. The van der Waals surface area contributed by atoms with E-state index < -0.39 is 11.6 Å². The molecule has 1 aromatic heterocycles. The van der Waals surface area contributed by atoms with Crippen LogP contribution >= 0.6 is 24.0 Å². The molecule has 5 nitrogen and oxygen atoms in total. The Bertz CT molecular complexity index is 757. The van der Waals surface area contributed by atoms with Crippen LogP contribution in [0.2, 0.25) is 0 Å². The summed E-state index contributed by atoms with van der Waals surface area (Å²) in [7, 11) is 1.93. The largest absolute Gasteiger partial charge is 0.357 e. The van der Waals surface area contributed by atoms with Gasteiger partial charge >= 0.3 is 0 Å². The second-order valence-corrected chi connectivity index (χ2v) is 6.64. The first-order valence-electron chi connectivity index (χ1n) is 9.02. The first-order chi connectivity index (χ1) is 12.5. The van der Waals surface area contributed by atoms with Crippen molar-refractivity contribution in [3.63, 3.8) is 0 Å². The van der Waals surface area contributed by atoms with Gasteiger partial charge in [0.1, 0.15) is 11.6 Å². The fourth-order valence-electron chi connectivity index (χ4n) is 3.35. The topological polar surface area (TPSA) is 45.5 Å². The summed E-state index contributed by atoms with van der Waals surface area (Å²) in [5, 5.41) is 7.57. The molecule has 1 aliphatic heterocycles. The van der Waals surface area contributed by atoms with Crippen molar-refractivity contribution in [2.24, 2.45) is 12.0 Å². The minimum absolute atomic E-state index is 0. The highest BCUT2D eigenvalue weighted by Crippen LogP contribution is 2.26. The highest BCUT2D eigenvalue weighted by atomic mass is 127. The van der Waals surface area contributed by atoms with Crippen LogP contribution in [0.4, 0.5) is 8.78 Å². The molecular weight excluding hydrogens is 463 g/mol. The van der Waals surface area contributed by atoms with E-state index in [-0.39, 0.29) is 24.0 Å². The van der Waals surface area contributed by atoms with E-state index in [4.69, 9.17) is 0 Å². The van der Waals surface area contributed by atoms with Crippen molar-refractivity contribution in [3.8, 4) is 0 Å². The van der Waals surface area contributed by atoms with Crippen molar-refractivity contribution in [1.29, 1.82) is 0 Å². The Morgan fingerprint density at radius 3 is 2.67 bits per heavy atom. The summed E-state index contributed by atoms with van der Waals surface area (Å²) in [5.74, 6) is 0.213. The van der Waals surface area contributed by atoms with Crippen molar-refractivity contribution in [3.05, 3.63) is 53.4 Å². The Morgan fingerprint density at radius 1 is 1.30 bits per heavy atom. The number of benzene rings is 1. The molecule has 1 unspecified atom stereocenters. The normalized spacial score (nSPS) is 17.1. The summed E-state index contributed by atoms with van der Waals surface area (Å²) in [6.45, 7) is 5.12. The Hall–Kier alpha value is -1.71. The fraction of sp³-hybridized carbons (Fsp3) is 0.474. The van der Waals surface area contributed by atoms with Crippen molar-refractivity contribution < 1.29 is 8.78 Å². The van der Waals surface area contributed by atoms with Gasteiger partial charge in [0.15, 0.2) is 5.96 Å². The van der Waals surface area contributed by atoms with Gasteiger partial charge in [-0.05, 0) is 43.0 Å². The van der Waals surface area contributed by atoms with Crippen LogP contribution in [-0.4, -0.2) is 46.8 Å². The lowest BCUT2D eigenvalue weighted by Crippen LogP contribution is -2.40. The van der Waals surface area contributed by atoms with Gasteiger partial charge < -0.3 is 10.2 Å². The summed E-state index contributed by atoms with van der Waals surface area (Å²) in [5.41, 5.74) is 1.87. The first-order valence-corrected chi connectivity index (χ1v) is 9.02. The number of aryl methyl sites for hydroxylation is 1. The number of aliphatic imine (C=N–C) groups is 1. The number of nitrogens with one attached hydrogen (secondary N) is 1. The van der Waals surface area contributed by atoms with Gasteiger partial charge in [0.25, 0.3) is 0 Å². The molecule has 8 heteroatoms. The Balaban J connectivity index is 0.00000261. The molecule has 2 heterocycles. The van der Waals surface area contributed by atoms with Gasteiger partial charge in [-0.15, -0.1) is 24.0 Å². The smallest absolute Gasteiger partial charge is 0.193 e. The van der Waals surface area contributed by atoms with E-state index in [0.717, 1.165) is 38.1 Å². The van der Waals surface area contributed by atoms with Crippen LogP contribution in [0.1, 0.15) is 30.4 Å². The molecule has 0 spiro atoms. The predicted molar refractivity (Wildman–Crippen MR) is 114 cm³/mol. The van der Waals surface area contributed by atoms with Crippen LogP contribution in [-0.2, 0) is 13.5 Å². The summed E-state index contributed by atoms with van der Waals surface area (Å²) in [6.07, 6.45) is 5.56. The van der Waals surface area contributed by atoms with Crippen molar-refractivity contribution >= 4 is 29.9 Å². The third-order valence-corrected chi connectivity index (χ3v) is 4.60. The van der Waals surface area contributed by atoms with E-state index in [9.17, 15) is 8.78 Å². The third kappa shape index (κ3) is 5.88. The van der Waals surface area contributed by atoms with Crippen molar-refractivity contribution in [2.75, 3.05) is 26.2 Å². The summed E-state index contributed by atoms with van der Waals surface area (Å²) in [4.78, 5) is 6.89. The second kappa shape index (κ2) is 10.0. The molecule has 1 aromatic carbocycles. The molecule has 1 aliphatic rings. The minimum atomic E-state index is -0.547. The summed E-state index contributed by atoms with van der Waals surface area (Å²) in [6, 6.07) is 3.61.